The van der Waals surface area contributed by atoms with Gasteiger partial charge in [0.2, 0.25) is 0 Å². The molecule has 3 rings (SSSR count). The number of rotatable bonds is 5. The average molecular weight is 359 g/mol. The Bertz CT molecular complexity index is 546. The molecule has 0 unspecified atom stereocenters. The van der Waals surface area contributed by atoms with Gasteiger partial charge >= 0.3 is 0 Å². The van der Waals surface area contributed by atoms with Crippen LogP contribution in [0.4, 0.5) is 0 Å². The molecule has 0 saturated carbocycles. The standard InChI is InChI=1S/C21H34N4O/c1-22-21(23-13-8-18-9-14-24(2)15-10-18)25-16-11-20(12-17-25)26-19-6-4-3-5-7-19/h3-7,18,20H,8-17H2,1-2H3,(H,22,23). The van der Waals surface area contributed by atoms with Crippen LogP contribution in [0.1, 0.15) is 32.1 Å². The van der Waals surface area contributed by atoms with Crippen molar-refractivity contribution in [1.29, 1.82) is 0 Å². The van der Waals surface area contributed by atoms with E-state index in [1.54, 1.807) is 0 Å². The Kier molecular flexibility index (Phi) is 7.18. The second-order valence-corrected chi connectivity index (χ2v) is 7.63. The molecule has 5 nitrogen and oxygen atoms in total. The van der Waals surface area contributed by atoms with Crippen LogP contribution >= 0.6 is 0 Å². The molecule has 144 valence electrons. The number of nitrogens with one attached hydrogen (secondary N) is 1. The van der Waals surface area contributed by atoms with Crippen molar-refractivity contribution in [1.82, 2.24) is 15.1 Å². The van der Waals surface area contributed by atoms with Crippen LogP contribution in [0.25, 0.3) is 0 Å². The lowest BCUT2D eigenvalue weighted by Crippen LogP contribution is -2.48. The van der Waals surface area contributed by atoms with Crippen molar-refractivity contribution in [3.8, 4) is 5.75 Å². The minimum atomic E-state index is 0.311. The van der Waals surface area contributed by atoms with Crippen LogP contribution in [0, 0.1) is 5.92 Å². The van der Waals surface area contributed by atoms with E-state index in [0.29, 0.717) is 6.10 Å². The van der Waals surface area contributed by atoms with Gasteiger partial charge in [-0.25, -0.2) is 0 Å². The fourth-order valence-electron chi connectivity index (χ4n) is 3.95. The van der Waals surface area contributed by atoms with Gasteiger partial charge in [-0.15, -0.1) is 0 Å². The number of guanidine groups is 1. The van der Waals surface area contributed by atoms with Crippen LogP contribution in [-0.4, -0.2) is 68.7 Å². The summed E-state index contributed by atoms with van der Waals surface area (Å²) in [6.45, 7) is 5.53. The Hall–Kier alpha value is -1.75. The molecule has 0 spiro atoms. The molecule has 2 aliphatic heterocycles. The maximum atomic E-state index is 6.10. The second-order valence-electron chi connectivity index (χ2n) is 7.63. The van der Waals surface area contributed by atoms with E-state index in [0.717, 1.165) is 50.1 Å². The van der Waals surface area contributed by atoms with Gasteiger partial charge in [0.25, 0.3) is 0 Å². The molecule has 0 atom stereocenters. The maximum absolute atomic E-state index is 6.10. The summed E-state index contributed by atoms with van der Waals surface area (Å²) in [5.74, 6) is 2.89. The maximum Gasteiger partial charge on any atom is 0.193 e. The normalized spacial score (nSPS) is 21.0. The highest BCUT2D eigenvalue weighted by molar-refractivity contribution is 5.79. The molecule has 2 aliphatic rings. The van der Waals surface area contributed by atoms with Crippen molar-refractivity contribution >= 4 is 5.96 Å². The molecule has 1 N–H and O–H groups in total. The number of hydrogen-bond donors (Lipinski definition) is 1. The van der Waals surface area contributed by atoms with Gasteiger partial charge in [-0.05, 0) is 57.5 Å². The summed E-state index contributed by atoms with van der Waals surface area (Å²) >= 11 is 0. The third kappa shape index (κ3) is 5.63. The number of ether oxygens (including phenoxy) is 1. The zero-order valence-corrected chi connectivity index (χ0v) is 16.4. The van der Waals surface area contributed by atoms with E-state index in [-0.39, 0.29) is 0 Å². The minimum absolute atomic E-state index is 0.311. The second kappa shape index (κ2) is 9.81. The Morgan fingerprint density at radius 2 is 1.77 bits per heavy atom. The molecule has 2 fully saturated rings. The van der Waals surface area contributed by atoms with Gasteiger partial charge in [-0.2, -0.15) is 0 Å². The average Bonchev–Trinajstić information content (AvgIpc) is 2.68. The number of para-hydroxylation sites is 1. The smallest absolute Gasteiger partial charge is 0.193 e. The molecule has 0 aliphatic carbocycles. The molecule has 0 bridgehead atoms. The summed E-state index contributed by atoms with van der Waals surface area (Å²) in [6, 6.07) is 10.2. The summed E-state index contributed by atoms with van der Waals surface area (Å²) in [5, 5.41) is 3.58. The zero-order valence-electron chi connectivity index (χ0n) is 16.4. The van der Waals surface area contributed by atoms with E-state index in [1.165, 1.54) is 32.4 Å². The van der Waals surface area contributed by atoms with Crippen LogP contribution in [-0.2, 0) is 0 Å². The van der Waals surface area contributed by atoms with Gasteiger partial charge in [-0.1, -0.05) is 18.2 Å². The van der Waals surface area contributed by atoms with Crippen molar-refractivity contribution in [2.75, 3.05) is 46.8 Å². The molecular formula is C21H34N4O. The number of benzene rings is 1. The molecule has 1 aromatic rings. The first kappa shape index (κ1) is 19.0. The van der Waals surface area contributed by atoms with Crippen molar-refractivity contribution in [3.05, 3.63) is 30.3 Å². The molecule has 0 aromatic heterocycles. The zero-order chi connectivity index (χ0) is 18.2. The van der Waals surface area contributed by atoms with Crippen molar-refractivity contribution in [3.63, 3.8) is 0 Å². The van der Waals surface area contributed by atoms with E-state index in [9.17, 15) is 0 Å². The SMILES string of the molecule is CN=C(NCCC1CCN(C)CC1)N1CCC(Oc2ccccc2)CC1. The third-order valence-electron chi connectivity index (χ3n) is 5.67. The van der Waals surface area contributed by atoms with E-state index >= 15 is 0 Å². The molecule has 0 radical (unpaired) electrons. The first-order chi connectivity index (χ1) is 12.7. The van der Waals surface area contributed by atoms with Crippen molar-refractivity contribution in [2.24, 2.45) is 10.9 Å². The van der Waals surface area contributed by atoms with Gasteiger partial charge in [-0.3, -0.25) is 4.99 Å². The highest BCUT2D eigenvalue weighted by Gasteiger charge is 2.23. The number of nitrogens with zero attached hydrogens (tertiary/aromatic N) is 3. The fourth-order valence-corrected chi connectivity index (χ4v) is 3.95. The Morgan fingerprint density at radius 1 is 1.08 bits per heavy atom. The summed E-state index contributed by atoms with van der Waals surface area (Å²) in [6.07, 6.45) is 6.32. The highest BCUT2D eigenvalue weighted by Crippen LogP contribution is 2.20. The number of piperidine rings is 2. The summed E-state index contributed by atoms with van der Waals surface area (Å²) in [4.78, 5) is 9.31. The van der Waals surface area contributed by atoms with Gasteiger partial charge in [0.1, 0.15) is 11.9 Å². The first-order valence-corrected chi connectivity index (χ1v) is 10.1. The molecule has 0 amide bonds. The predicted octanol–water partition coefficient (Wildman–Crippen LogP) is 2.84. The predicted molar refractivity (Wildman–Crippen MR) is 108 cm³/mol. The lowest BCUT2D eigenvalue weighted by atomic mass is 9.94. The van der Waals surface area contributed by atoms with E-state index in [1.807, 2.05) is 37.4 Å². The molecule has 1 aromatic carbocycles. The van der Waals surface area contributed by atoms with Crippen LogP contribution < -0.4 is 10.1 Å². The number of aliphatic imine (C=N–C) groups is 1. The van der Waals surface area contributed by atoms with Crippen molar-refractivity contribution < 1.29 is 4.74 Å². The van der Waals surface area contributed by atoms with Crippen LogP contribution in [0.2, 0.25) is 0 Å². The molecule has 26 heavy (non-hydrogen) atoms. The largest absolute Gasteiger partial charge is 0.490 e. The van der Waals surface area contributed by atoms with E-state index in [2.05, 4.69) is 27.2 Å². The Morgan fingerprint density at radius 3 is 2.42 bits per heavy atom. The minimum Gasteiger partial charge on any atom is -0.490 e. The molecular weight excluding hydrogens is 324 g/mol. The van der Waals surface area contributed by atoms with Gasteiger partial charge in [0, 0.05) is 39.5 Å². The molecule has 5 heteroatoms. The Labute approximate surface area is 158 Å². The summed E-state index contributed by atoms with van der Waals surface area (Å²) < 4.78 is 6.10. The van der Waals surface area contributed by atoms with E-state index in [4.69, 9.17) is 4.74 Å². The van der Waals surface area contributed by atoms with Crippen molar-refractivity contribution in [2.45, 2.75) is 38.2 Å². The monoisotopic (exact) mass is 358 g/mol. The molecule has 2 saturated heterocycles. The van der Waals surface area contributed by atoms with Crippen LogP contribution in [0.15, 0.2) is 35.3 Å². The van der Waals surface area contributed by atoms with Gasteiger partial charge < -0.3 is 19.9 Å². The van der Waals surface area contributed by atoms with Gasteiger partial charge in [0.05, 0.1) is 0 Å². The number of hydrogen-bond acceptors (Lipinski definition) is 3. The molecule has 2 heterocycles. The third-order valence-corrected chi connectivity index (χ3v) is 5.67. The summed E-state index contributed by atoms with van der Waals surface area (Å²) in [5.41, 5.74) is 0. The Balaban J connectivity index is 1.37. The van der Waals surface area contributed by atoms with E-state index < -0.39 is 0 Å². The number of likely N-dealkylation sites (tertiary alicyclic amines) is 2. The first-order valence-electron chi connectivity index (χ1n) is 10.1. The highest BCUT2D eigenvalue weighted by atomic mass is 16.5. The van der Waals surface area contributed by atoms with Gasteiger partial charge in [0.15, 0.2) is 5.96 Å². The van der Waals surface area contributed by atoms with Crippen LogP contribution in [0.3, 0.4) is 0 Å². The topological polar surface area (TPSA) is 40.1 Å². The fraction of sp³-hybridized carbons (Fsp3) is 0.667. The quantitative estimate of drug-likeness (QED) is 0.649. The lowest BCUT2D eigenvalue weighted by molar-refractivity contribution is 0.129. The lowest BCUT2D eigenvalue weighted by Gasteiger charge is -2.34. The van der Waals surface area contributed by atoms with Crippen LogP contribution in [0.5, 0.6) is 5.75 Å². The summed E-state index contributed by atoms with van der Waals surface area (Å²) in [7, 11) is 4.12.